The second-order valence-corrected chi connectivity index (χ2v) is 12.7. The summed E-state index contributed by atoms with van der Waals surface area (Å²) in [4.78, 5) is 28.1. The molecule has 7 nitrogen and oxygen atoms in total. The molecule has 1 heterocycles. The first-order valence-electron chi connectivity index (χ1n) is 18.7. The van der Waals surface area contributed by atoms with Crippen LogP contribution in [0.3, 0.4) is 0 Å². The fourth-order valence-electron chi connectivity index (χ4n) is 5.58. The van der Waals surface area contributed by atoms with Crippen LogP contribution in [0.4, 0.5) is 0 Å². The molecule has 0 aromatic heterocycles. The second kappa shape index (κ2) is 33.2. The van der Waals surface area contributed by atoms with Gasteiger partial charge in [-0.25, -0.2) is 0 Å². The van der Waals surface area contributed by atoms with Crippen molar-refractivity contribution in [3.8, 4) is 0 Å². The van der Waals surface area contributed by atoms with Gasteiger partial charge in [0.05, 0.1) is 18.9 Å². The van der Waals surface area contributed by atoms with Gasteiger partial charge in [0.15, 0.2) is 0 Å². The molecule has 262 valence electrons. The van der Waals surface area contributed by atoms with Gasteiger partial charge in [0.1, 0.15) is 5.84 Å². The monoisotopic (exact) mass is 634 g/mol. The molecule has 1 aliphatic rings. The third kappa shape index (κ3) is 29.0. The maximum absolute atomic E-state index is 10.8. The van der Waals surface area contributed by atoms with Crippen LogP contribution in [-0.2, 0) is 9.59 Å². The predicted molar refractivity (Wildman–Crippen MR) is 192 cm³/mol. The van der Waals surface area contributed by atoms with E-state index < -0.39 is 17.9 Å². The minimum absolute atomic E-state index is 0.344. The molecule has 0 fully saturated rings. The van der Waals surface area contributed by atoms with E-state index in [0.29, 0.717) is 6.54 Å². The molecule has 0 saturated heterocycles. The summed E-state index contributed by atoms with van der Waals surface area (Å²) in [6, 6.07) is 0. The highest BCUT2D eigenvalue weighted by atomic mass is 16.4. The summed E-state index contributed by atoms with van der Waals surface area (Å²) >= 11 is 0. The molecule has 0 aromatic rings. The lowest BCUT2D eigenvalue weighted by Crippen LogP contribution is -2.23. The molecule has 0 amide bonds. The number of aliphatic imine (C=N–C) groups is 1. The van der Waals surface area contributed by atoms with Gasteiger partial charge in [-0.3, -0.25) is 14.6 Å². The van der Waals surface area contributed by atoms with Crippen LogP contribution >= 0.6 is 0 Å². The quantitative estimate of drug-likeness (QED) is 0.0535. The number of nitrogens with two attached hydrogens (primary N) is 1. The topological polar surface area (TPSA) is 116 Å². The summed E-state index contributed by atoms with van der Waals surface area (Å²) < 4.78 is 0. The van der Waals surface area contributed by atoms with E-state index in [4.69, 9.17) is 15.9 Å². The van der Waals surface area contributed by atoms with Crippen molar-refractivity contribution in [3.05, 3.63) is 24.4 Å². The first-order chi connectivity index (χ1) is 22.0. The highest BCUT2D eigenvalue weighted by Gasteiger charge is 2.17. The van der Waals surface area contributed by atoms with E-state index in [0.717, 1.165) is 38.8 Å². The summed E-state index contributed by atoms with van der Waals surface area (Å²) in [5.74, 6) is -1.88. The van der Waals surface area contributed by atoms with Crippen molar-refractivity contribution in [1.29, 1.82) is 0 Å². The van der Waals surface area contributed by atoms with Gasteiger partial charge in [0.2, 0.25) is 0 Å². The molecule has 1 atom stereocenters. The minimum atomic E-state index is -1.07. The van der Waals surface area contributed by atoms with Gasteiger partial charge < -0.3 is 20.8 Å². The molecule has 0 radical (unpaired) electrons. The zero-order chi connectivity index (χ0) is 33.2. The number of nitrogens with zero attached hydrogens (tertiary/aromatic N) is 2. The van der Waals surface area contributed by atoms with Crippen LogP contribution in [0.1, 0.15) is 174 Å². The molecule has 1 aliphatic heterocycles. The molecule has 1 unspecified atom stereocenters. The number of carboxylic acid groups (broad SMARTS) is 2. The molecule has 0 aromatic carbocycles. The normalized spacial score (nSPS) is 13.8. The Bertz CT molecular complexity index is 781. The first kappa shape index (κ1) is 42.9. The number of allylic oxidation sites excluding steroid dienone is 2. The maximum atomic E-state index is 10.8. The lowest BCUT2D eigenvalue weighted by molar-refractivity contribution is -0.146. The van der Waals surface area contributed by atoms with Crippen LogP contribution in [0, 0.1) is 5.92 Å². The minimum Gasteiger partial charge on any atom is -0.481 e. The van der Waals surface area contributed by atoms with E-state index in [9.17, 15) is 9.59 Å². The van der Waals surface area contributed by atoms with Crippen LogP contribution < -0.4 is 5.73 Å². The van der Waals surface area contributed by atoms with Crippen molar-refractivity contribution in [1.82, 2.24) is 4.90 Å². The lowest BCUT2D eigenvalue weighted by atomic mass is 10.0. The second-order valence-electron chi connectivity index (χ2n) is 12.7. The van der Waals surface area contributed by atoms with E-state index in [1.807, 2.05) is 0 Å². The largest absolute Gasteiger partial charge is 0.481 e. The molecule has 7 heteroatoms. The van der Waals surface area contributed by atoms with Crippen molar-refractivity contribution in [2.24, 2.45) is 16.6 Å². The fourth-order valence-corrected chi connectivity index (χ4v) is 5.58. The first-order valence-corrected chi connectivity index (χ1v) is 18.7. The average Bonchev–Trinajstić information content (AvgIpc) is 3.46. The van der Waals surface area contributed by atoms with Gasteiger partial charge in [-0.05, 0) is 32.2 Å². The Morgan fingerprint density at radius 2 is 1.18 bits per heavy atom. The summed E-state index contributed by atoms with van der Waals surface area (Å²) in [5, 5.41) is 17.4. The number of amidine groups is 1. The maximum Gasteiger partial charge on any atom is 0.310 e. The Morgan fingerprint density at radius 3 is 1.60 bits per heavy atom. The summed E-state index contributed by atoms with van der Waals surface area (Å²) in [6.45, 7) is 7.16. The predicted octanol–water partition coefficient (Wildman–Crippen LogP) is 10.3. The van der Waals surface area contributed by atoms with E-state index in [1.165, 1.54) is 140 Å². The van der Waals surface area contributed by atoms with E-state index in [1.54, 1.807) is 6.08 Å². The van der Waals surface area contributed by atoms with Gasteiger partial charge in [0.25, 0.3) is 0 Å². The molecular formula is C38H71N3O4. The highest BCUT2D eigenvalue weighted by molar-refractivity contribution is 5.84. The molecule has 1 rings (SSSR count). The molecule has 4 N–H and O–H groups in total. The fraction of sp³-hybridized carbons (Fsp3) is 0.816. The van der Waals surface area contributed by atoms with Crippen molar-refractivity contribution in [3.63, 3.8) is 0 Å². The summed E-state index contributed by atoms with van der Waals surface area (Å²) in [7, 11) is 0. The Balaban J connectivity index is 0.000000884. The van der Waals surface area contributed by atoms with Crippen LogP contribution in [0.5, 0.6) is 0 Å². The Labute approximate surface area is 277 Å². The van der Waals surface area contributed by atoms with Gasteiger partial charge in [-0.15, -0.1) is 0 Å². The number of unbranched alkanes of at least 4 members (excludes halogenated alkanes) is 21. The third-order valence-corrected chi connectivity index (χ3v) is 8.40. The molecule has 0 saturated carbocycles. The summed E-state index contributed by atoms with van der Waals surface area (Å²) in [6.07, 6.45) is 38.9. The van der Waals surface area contributed by atoms with E-state index in [2.05, 4.69) is 36.0 Å². The number of hydrogen-bond donors (Lipinski definition) is 3. The molecular weight excluding hydrogens is 562 g/mol. The van der Waals surface area contributed by atoms with Gasteiger partial charge in [-0.2, -0.15) is 0 Å². The Kier molecular flexibility index (Phi) is 31.6. The number of rotatable bonds is 30. The molecule has 45 heavy (non-hydrogen) atoms. The number of hydrogen-bond acceptors (Lipinski definition) is 5. The van der Waals surface area contributed by atoms with Crippen LogP contribution in [0.25, 0.3) is 0 Å². The molecule has 0 spiro atoms. The van der Waals surface area contributed by atoms with Crippen molar-refractivity contribution in [2.45, 2.75) is 174 Å². The Morgan fingerprint density at radius 1 is 0.733 bits per heavy atom. The smallest absolute Gasteiger partial charge is 0.310 e. The SMILES string of the molecule is CCCCCCCCCCC=CC(CC(=O)O)C(=O)O.CCCCCCCCCCCCCCCC=CN1CCN=C1CCN. The van der Waals surface area contributed by atoms with Gasteiger partial charge in [-0.1, -0.05) is 154 Å². The van der Waals surface area contributed by atoms with Crippen LogP contribution in [0.2, 0.25) is 0 Å². The zero-order valence-electron chi connectivity index (χ0n) is 29.4. The van der Waals surface area contributed by atoms with Crippen LogP contribution in [-0.4, -0.2) is 52.5 Å². The number of aliphatic carboxylic acids is 2. The van der Waals surface area contributed by atoms with E-state index >= 15 is 0 Å². The van der Waals surface area contributed by atoms with Crippen molar-refractivity contribution in [2.75, 3.05) is 19.6 Å². The molecule has 0 aliphatic carbocycles. The van der Waals surface area contributed by atoms with Crippen LogP contribution in [0.15, 0.2) is 29.4 Å². The number of carboxylic acids is 2. The lowest BCUT2D eigenvalue weighted by Gasteiger charge is -2.14. The van der Waals surface area contributed by atoms with E-state index in [-0.39, 0.29) is 6.42 Å². The van der Waals surface area contributed by atoms with Gasteiger partial charge in [0, 0.05) is 19.2 Å². The highest BCUT2D eigenvalue weighted by Crippen LogP contribution is 2.14. The van der Waals surface area contributed by atoms with Crippen molar-refractivity contribution < 1.29 is 19.8 Å². The summed E-state index contributed by atoms with van der Waals surface area (Å²) in [5.41, 5.74) is 5.62. The van der Waals surface area contributed by atoms with Crippen molar-refractivity contribution >= 4 is 17.8 Å². The standard InChI is InChI=1S/C22H43N3.C16H28O4/c1-2-3-4-5-6-7-8-9-10-11-12-13-14-15-16-20-25-21-19-24-22(25)17-18-23;1-2-3-4-5-6-7-8-9-10-11-12-14(16(19)20)13-15(17)18/h16,20H,2-15,17-19,21,23H2,1H3;11-12,14H,2-10,13H2,1H3,(H,17,18)(H,19,20). The van der Waals surface area contributed by atoms with Gasteiger partial charge >= 0.3 is 11.9 Å². The zero-order valence-corrected chi connectivity index (χ0v) is 29.4. The average molecular weight is 634 g/mol. The Hall–Kier alpha value is -2.15. The third-order valence-electron chi connectivity index (χ3n) is 8.40. The molecule has 0 bridgehead atoms. The number of carbonyl (C=O) groups is 2.